The van der Waals surface area contributed by atoms with Crippen molar-refractivity contribution >= 4 is 22.6 Å². The maximum Gasteiger partial charge on any atom is 0.274 e. The number of ether oxygens (including phenoxy) is 1. The molecule has 0 bridgehead atoms. The Labute approximate surface area is 191 Å². The van der Waals surface area contributed by atoms with Gasteiger partial charge in [-0.2, -0.15) is 5.10 Å². The van der Waals surface area contributed by atoms with Gasteiger partial charge in [0, 0.05) is 37.7 Å². The van der Waals surface area contributed by atoms with Gasteiger partial charge in [0.1, 0.15) is 0 Å². The number of methoxy groups -OCH3 is 1. The van der Waals surface area contributed by atoms with E-state index < -0.39 is 0 Å². The number of rotatable bonds is 7. The molecule has 33 heavy (non-hydrogen) atoms. The van der Waals surface area contributed by atoms with Crippen LogP contribution in [0.1, 0.15) is 39.3 Å². The lowest BCUT2D eigenvalue weighted by atomic mass is 9.89. The predicted molar refractivity (Wildman–Crippen MR) is 125 cm³/mol. The van der Waals surface area contributed by atoms with Gasteiger partial charge in [0.15, 0.2) is 5.69 Å². The van der Waals surface area contributed by atoms with Crippen LogP contribution in [-0.4, -0.2) is 60.3 Å². The Kier molecular flexibility index (Phi) is 7.14. The maximum absolute atomic E-state index is 13.1. The number of carbonyl (C=O) groups excluding carboxylic acids is 2. The Morgan fingerprint density at radius 3 is 2.48 bits per heavy atom. The highest BCUT2D eigenvalue weighted by Gasteiger charge is 2.26. The normalized spacial score (nSPS) is 14.4. The minimum atomic E-state index is -0.292. The van der Waals surface area contributed by atoms with Crippen LogP contribution in [0.2, 0.25) is 0 Å². The lowest BCUT2D eigenvalue weighted by molar-refractivity contribution is 0.0685. The average Bonchev–Trinajstić information content (AvgIpc) is 2.85. The lowest BCUT2D eigenvalue weighted by Gasteiger charge is -2.32. The fraction of sp³-hybridized carbons (Fsp3) is 0.360. The molecule has 1 saturated heterocycles. The second kappa shape index (κ2) is 10.4. The highest BCUT2D eigenvalue weighted by Crippen LogP contribution is 2.24. The summed E-state index contributed by atoms with van der Waals surface area (Å²) < 4.78 is 4.95. The molecule has 1 fully saturated rings. The number of benzene rings is 2. The first kappa shape index (κ1) is 22.7. The third kappa shape index (κ3) is 5.28. The minimum Gasteiger partial charge on any atom is -0.383 e. The van der Waals surface area contributed by atoms with E-state index in [1.165, 1.54) is 5.56 Å². The van der Waals surface area contributed by atoms with Crippen molar-refractivity contribution in [1.82, 2.24) is 20.4 Å². The maximum atomic E-state index is 13.1. The number of hydrogen-bond donors (Lipinski definition) is 2. The molecule has 0 spiro atoms. The molecule has 2 N–H and O–H groups in total. The van der Waals surface area contributed by atoms with Gasteiger partial charge in [-0.25, -0.2) is 5.10 Å². The van der Waals surface area contributed by atoms with Crippen LogP contribution in [0.25, 0.3) is 10.8 Å². The van der Waals surface area contributed by atoms with Crippen molar-refractivity contribution in [1.29, 1.82) is 0 Å². The van der Waals surface area contributed by atoms with Crippen molar-refractivity contribution in [3.05, 3.63) is 75.7 Å². The van der Waals surface area contributed by atoms with Gasteiger partial charge >= 0.3 is 0 Å². The molecular weight excluding hydrogens is 420 g/mol. The Hall–Kier alpha value is -3.52. The summed E-state index contributed by atoms with van der Waals surface area (Å²) in [6, 6.07) is 14.7. The summed E-state index contributed by atoms with van der Waals surface area (Å²) >= 11 is 0. The van der Waals surface area contributed by atoms with E-state index in [-0.39, 0.29) is 17.4 Å². The van der Waals surface area contributed by atoms with E-state index in [1.807, 2.05) is 29.2 Å². The van der Waals surface area contributed by atoms with E-state index in [2.05, 4.69) is 15.5 Å². The number of piperidine rings is 1. The SMILES string of the molecule is COCCNC(=O)c1ccc(CC2CCN(C(=O)c3n[nH]c(=O)c4ccccc34)CC2)cc1. The zero-order valence-corrected chi connectivity index (χ0v) is 18.7. The summed E-state index contributed by atoms with van der Waals surface area (Å²) in [5, 5.41) is 10.4. The Morgan fingerprint density at radius 1 is 1.09 bits per heavy atom. The standard InChI is InChI=1S/C25H28N4O4/c1-33-15-12-26-23(30)19-8-6-17(7-9-19)16-18-10-13-29(14-11-18)25(32)22-20-4-2-3-5-21(20)24(31)28-27-22/h2-9,18H,10-16H2,1H3,(H,26,30)(H,28,31). The van der Waals surface area contributed by atoms with Gasteiger partial charge in [-0.3, -0.25) is 14.4 Å². The largest absolute Gasteiger partial charge is 0.383 e. The number of amides is 2. The van der Waals surface area contributed by atoms with E-state index in [0.29, 0.717) is 54.2 Å². The number of fused-ring (bicyclic) bond motifs is 1. The smallest absolute Gasteiger partial charge is 0.274 e. The molecule has 2 heterocycles. The number of aromatic amines is 1. The summed E-state index contributed by atoms with van der Waals surface area (Å²) in [5.74, 6) is 0.217. The monoisotopic (exact) mass is 448 g/mol. The number of nitrogens with one attached hydrogen (secondary N) is 2. The summed E-state index contributed by atoms with van der Waals surface area (Å²) in [5.41, 5.74) is 1.82. The summed E-state index contributed by atoms with van der Waals surface area (Å²) in [4.78, 5) is 39.0. The van der Waals surface area contributed by atoms with Crippen molar-refractivity contribution in [2.75, 3.05) is 33.4 Å². The van der Waals surface area contributed by atoms with E-state index in [9.17, 15) is 14.4 Å². The lowest BCUT2D eigenvalue weighted by Crippen LogP contribution is -2.39. The third-order valence-corrected chi connectivity index (χ3v) is 6.13. The summed E-state index contributed by atoms with van der Waals surface area (Å²) in [6.07, 6.45) is 2.70. The molecule has 0 saturated carbocycles. The first-order valence-corrected chi connectivity index (χ1v) is 11.2. The minimum absolute atomic E-state index is 0.103. The molecule has 1 aliphatic heterocycles. The first-order valence-electron chi connectivity index (χ1n) is 11.2. The second-order valence-electron chi connectivity index (χ2n) is 8.33. The molecule has 0 aliphatic carbocycles. The highest BCUT2D eigenvalue weighted by molar-refractivity contribution is 6.04. The number of H-pyrrole nitrogens is 1. The fourth-order valence-electron chi connectivity index (χ4n) is 4.26. The van der Waals surface area contributed by atoms with Crippen molar-refractivity contribution in [2.24, 2.45) is 5.92 Å². The second-order valence-corrected chi connectivity index (χ2v) is 8.33. The number of likely N-dealkylation sites (tertiary alicyclic amines) is 1. The molecule has 4 rings (SSSR count). The number of hydrogen-bond acceptors (Lipinski definition) is 5. The van der Waals surface area contributed by atoms with Crippen LogP contribution in [0, 0.1) is 5.92 Å². The molecule has 0 atom stereocenters. The van der Waals surface area contributed by atoms with Crippen LogP contribution in [-0.2, 0) is 11.2 Å². The van der Waals surface area contributed by atoms with Gasteiger partial charge in [0.2, 0.25) is 0 Å². The highest BCUT2D eigenvalue weighted by atomic mass is 16.5. The van der Waals surface area contributed by atoms with E-state index in [1.54, 1.807) is 31.4 Å². The number of aromatic nitrogens is 2. The van der Waals surface area contributed by atoms with Gasteiger partial charge < -0.3 is 15.0 Å². The van der Waals surface area contributed by atoms with Crippen LogP contribution >= 0.6 is 0 Å². The Morgan fingerprint density at radius 2 is 1.79 bits per heavy atom. The van der Waals surface area contributed by atoms with Crippen LogP contribution in [0.15, 0.2) is 53.3 Å². The molecular formula is C25H28N4O4. The van der Waals surface area contributed by atoms with Gasteiger partial charge in [0.25, 0.3) is 17.4 Å². The van der Waals surface area contributed by atoms with Crippen molar-refractivity contribution in [3.63, 3.8) is 0 Å². The fourth-order valence-corrected chi connectivity index (χ4v) is 4.26. The molecule has 2 amide bonds. The third-order valence-electron chi connectivity index (χ3n) is 6.13. The van der Waals surface area contributed by atoms with E-state index in [0.717, 1.165) is 19.3 Å². The average molecular weight is 449 g/mol. The zero-order chi connectivity index (χ0) is 23.2. The Balaban J connectivity index is 1.33. The molecule has 172 valence electrons. The topological polar surface area (TPSA) is 104 Å². The van der Waals surface area contributed by atoms with Crippen LogP contribution in [0.5, 0.6) is 0 Å². The first-order chi connectivity index (χ1) is 16.1. The zero-order valence-electron chi connectivity index (χ0n) is 18.7. The number of carbonyl (C=O) groups is 2. The van der Waals surface area contributed by atoms with Crippen molar-refractivity contribution < 1.29 is 14.3 Å². The van der Waals surface area contributed by atoms with Gasteiger partial charge in [0.05, 0.1) is 12.0 Å². The van der Waals surface area contributed by atoms with E-state index in [4.69, 9.17) is 4.74 Å². The van der Waals surface area contributed by atoms with Gasteiger partial charge in [-0.15, -0.1) is 0 Å². The Bertz CT molecular complexity index is 1180. The molecule has 0 radical (unpaired) electrons. The van der Waals surface area contributed by atoms with Gasteiger partial charge in [-0.05, 0) is 48.9 Å². The quantitative estimate of drug-likeness (QED) is 0.540. The van der Waals surface area contributed by atoms with Gasteiger partial charge in [-0.1, -0.05) is 30.3 Å². The van der Waals surface area contributed by atoms with Crippen molar-refractivity contribution in [2.45, 2.75) is 19.3 Å². The summed E-state index contributed by atoms with van der Waals surface area (Å²) in [7, 11) is 1.60. The molecule has 0 unspecified atom stereocenters. The van der Waals surface area contributed by atoms with E-state index >= 15 is 0 Å². The van der Waals surface area contributed by atoms with Crippen LogP contribution in [0.3, 0.4) is 0 Å². The van der Waals surface area contributed by atoms with Crippen LogP contribution in [0.4, 0.5) is 0 Å². The summed E-state index contributed by atoms with van der Waals surface area (Å²) in [6.45, 7) is 2.27. The molecule has 1 aliphatic rings. The molecule has 8 heteroatoms. The number of nitrogens with zero attached hydrogens (tertiary/aromatic N) is 2. The van der Waals surface area contributed by atoms with Crippen LogP contribution < -0.4 is 10.9 Å². The molecule has 8 nitrogen and oxygen atoms in total. The van der Waals surface area contributed by atoms with Crippen molar-refractivity contribution in [3.8, 4) is 0 Å². The molecule has 1 aromatic heterocycles. The molecule has 3 aromatic rings. The molecule has 2 aromatic carbocycles. The predicted octanol–water partition coefficient (Wildman–Crippen LogP) is 2.39.